The maximum Gasteiger partial charge on any atom is 0.250 e. The molecule has 0 saturated heterocycles. The summed E-state index contributed by atoms with van der Waals surface area (Å²) in [7, 11) is 1.50. The van der Waals surface area contributed by atoms with Gasteiger partial charge in [-0.25, -0.2) is 8.78 Å². The third-order valence-corrected chi connectivity index (χ3v) is 3.64. The summed E-state index contributed by atoms with van der Waals surface area (Å²) in [5.41, 5.74) is 0.917. The normalized spacial score (nSPS) is 32.3. The lowest BCUT2D eigenvalue weighted by Crippen LogP contribution is -2.31. The van der Waals surface area contributed by atoms with Gasteiger partial charge in [-0.2, -0.15) is 0 Å². The minimum absolute atomic E-state index is 0.0412. The average Bonchev–Trinajstić information content (AvgIpc) is 2.42. The van der Waals surface area contributed by atoms with E-state index < -0.39 is 18.1 Å². The Morgan fingerprint density at radius 3 is 2.76 bits per heavy atom. The molecule has 0 fully saturated rings. The number of alkyl halides is 2. The smallest absolute Gasteiger partial charge is 0.250 e. The fraction of sp³-hybridized carbons (Fsp3) is 0.750. The van der Waals surface area contributed by atoms with Crippen LogP contribution >= 0.6 is 0 Å². The van der Waals surface area contributed by atoms with Crippen molar-refractivity contribution in [3.63, 3.8) is 0 Å². The van der Waals surface area contributed by atoms with E-state index >= 15 is 0 Å². The second-order valence-corrected chi connectivity index (χ2v) is 5.69. The molecule has 0 amide bonds. The first-order chi connectivity index (χ1) is 9.85. The minimum Gasteiger partial charge on any atom is -0.389 e. The molecule has 1 rings (SSSR count). The summed E-state index contributed by atoms with van der Waals surface area (Å²) in [6.45, 7) is 4.11. The zero-order chi connectivity index (χ0) is 15.9. The second kappa shape index (κ2) is 8.61. The van der Waals surface area contributed by atoms with E-state index in [0.717, 1.165) is 5.57 Å². The molecule has 122 valence electrons. The molecule has 3 unspecified atom stereocenters. The Morgan fingerprint density at radius 1 is 1.38 bits per heavy atom. The molecule has 0 radical (unpaired) electrons. The van der Waals surface area contributed by atoms with Crippen molar-refractivity contribution in [3.05, 3.63) is 23.8 Å². The monoisotopic (exact) mass is 304 g/mol. The van der Waals surface area contributed by atoms with Crippen molar-refractivity contribution in [1.82, 2.24) is 0 Å². The highest BCUT2D eigenvalue weighted by Gasteiger charge is 2.28. The number of halogens is 2. The number of methoxy groups -OCH3 is 1. The highest BCUT2D eigenvalue weighted by atomic mass is 19.3. The van der Waals surface area contributed by atoms with Gasteiger partial charge in [-0.3, -0.25) is 0 Å². The Hall–Kier alpha value is -0.780. The van der Waals surface area contributed by atoms with Gasteiger partial charge in [-0.1, -0.05) is 30.7 Å². The topological polar surface area (TPSA) is 38.7 Å². The molecule has 0 saturated carbocycles. The van der Waals surface area contributed by atoms with Crippen LogP contribution in [-0.4, -0.2) is 43.6 Å². The van der Waals surface area contributed by atoms with Crippen LogP contribution in [0.15, 0.2) is 23.8 Å². The average molecular weight is 304 g/mol. The summed E-state index contributed by atoms with van der Waals surface area (Å²) in [6, 6.07) is 0. The summed E-state index contributed by atoms with van der Waals surface area (Å²) in [4.78, 5) is 0. The lowest BCUT2D eigenvalue weighted by molar-refractivity contribution is -0.0374. The molecule has 21 heavy (non-hydrogen) atoms. The van der Waals surface area contributed by atoms with Crippen molar-refractivity contribution >= 4 is 0 Å². The molecule has 0 spiro atoms. The molecule has 0 aliphatic carbocycles. The van der Waals surface area contributed by atoms with Crippen molar-refractivity contribution in [3.8, 4) is 0 Å². The second-order valence-electron chi connectivity index (χ2n) is 5.69. The van der Waals surface area contributed by atoms with E-state index in [0.29, 0.717) is 6.61 Å². The third kappa shape index (κ3) is 6.68. The van der Waals surface area contributed by atoms with Crippen LogP contribution in [0, 0.1) is 5.92 Å². The zero-order valence-electron chi connectivity index (χ0n) is 13.0. The number of hydrogen-bond acceptors (Lipinski definition) is 3. The highest BCUT2D eigenvalue weighted by Crippen LogP contribution is 2.25. The molecule has 0 aromatic heterocycles. The van der Waals surface area contributed by atoms with Crippen LogP contribution in [0.3, 0.4) is 0 Å². The quantitative estimate of drug-likeness (QED) is 0.755. The molecule has 0 aromatic rings. The van der Waals surface area contributed by atoms with Crippen LogP contribution in [0.2, 0.25) is 0 Å². The van der Waals surface area contributed by atoms with E-state index in [1.54, 1.807) is 12.2 Å². The fourth-order valence-corrected chi connectivity index (χ4v) is 2.33. The first kappa shape index (κ1) is 18.3. The summed E-state index contributed by atoms with van der Waals surface area (Å²) in [5, 5.41) is 10.3. The van der Waals surface area contributed by atoms with Crippen molar-refractivity contribution in [2.75, 3.05) is 20.3 Å². The molecule has 1 heterocycles. The number of allylic oxidation sites excluding steroid dienone is 1. The van der Waals surface area contributed by atoms with Gasteiger partial charge in [0.25, 0.3) is 5.92 Å². The van der Waals surface area contributed by atoms with Crippen LogP contribution in [0.5, 0.6) is 0 Å². The van der Waals surface area contributed by atoms with Crippen molar-refractivity contribution in [2.24, 2.45) is 5.92 Å². The third-order valence-electron chi connectivity index (χ3n) is 3.64. The predicted octanol–water partition coefficient (Wildman–Crippen LogP) is 3.34. The SMILES string of the molecule is COC1C=CCCC(F)(F)CCOCC(C)=CC(C)C1O. The van der Waals surface area contributed by atoms with Crippen LogP contribution in [0.1, 0.15) is 33.1 Å². The lowest BCUT2D eigenvalue weighted by atomic mass is 9.96. The molecule has 0 aromatic carbocycles. The van der Waals surface area contributed by atoms with Gasteiger partial charge in [-0.05, 0) is 13.3 Å². The van der Waals surface area contributed by atoms with Crippen molar-refractivity contribution in [1.29, 1.82) is 0 Å². The Labute approximate surface area is 125 Å². The number of aliphatic hydroxyl groups is 1. The Bertz CT molecular complexity index is 367. The number of ether oxygens (including phenoxy) is 2. The summed E-state index contributed by atoms with van der Waals surface area (Å²) in [6.07, 6.45) is 3.77. The van der Waals surface area contributed by atoms with E-state index in [-0.39, 0.29) is 31.8 Å². The highest BCUT2D eigenvalue weighted by molar-refractivity contribution is 5.05. The molecule has 0 bridgehead atoms. The minimum atomic E-state index is -2.72. The van der Waals surface area contributed by atoms with Gasteiger partial charge in [0.05, 0.1) is 19.3 Å². The van der Waals surface area contributed by atoms with Crippen molar-refractivity contribution < 1.29 is 23.4 Å². The van der Waals surface area contributed by atoms with E-state index in [1.165, 1.54) is 7.11 Å². The van der Waals surface area contributed by atoms with Crippen molar-refractivity contribution in [2.45, 2.75) is 51.2 Å². The van der Waals surface area contributed by atoms with Gasteiger partial charge in [-0.15, -0.1) is 0 Å². The van der Waals surface area contributed by atoms with Gasteiger partial charge < -0.3 is 14.6 Å². The Balaban J connectivity index is 2.82. The number of rotatable bonds is 1. The first-order valence-corrected chi connectivity index (χ1v) is 7.36. The summed E-state index contributed by atoms with van der Waals surface area (Å²) >= 11 is 0. The van der Waals surface area contributed by atoms with Gasteiger partial charge in [0, 0.05) is 25.9 Å². The van der Waals surface area contributed by atoms with Gasteiger partial charge in [0.1, 0.15) is 6.10 Å². The predicted molar refractivity (Wildman–Crippen MR) is 78.5 cm³/mol. The molecule has 1 N–H and O–H groups in total. The van der Waals surface area contributed by atoms with Gasteiger partial charge in [0.2, 0.25) is 0 Å². The molecule has 3 nitrogen and oxygen atoms in total. The van der Waals surface area contributed by atoms with Crippen LogP contribution in [-0.2, 0) is 9.47 Å². The molecule has 5 heteroatoms. The molecule has 1 aliphatic rings. The largest absolute Gasteiger partial charge is 0.389 e. The summed E-state index contributed by atoms with van der Waals surface area (Å²) in [5.74, 6) is -2.83. The van der Waals surface area contributed by atoms with Crippen LogP contribution < -0.4 is 0 Å². The maximum atomic E-state index is 13.6. The number of hydrogen-bond donors (Lipinski definition) is 1. The molecular weight excluding hydrogens is 278 g/mol. The molecule has 1 aliphatic heterocycles. The van der Waals surface area contributed by atoms with Gasteiger partial charge in [0.15, 0.2) is 0 Å². The Kier molecular flexibility index (Phi) is 7.49. The van der Waals surface area contributed by atoms with Crippen LogP contribution in [0.25, 0.3) is 0 Å². The first-order valence-electron chi connectivity index (χ1n) is 7.36. The number of aliphatic hydroxyl groups excluding tert-OH is 1. The van der Waals surface area contributed by atoms with Crippen LogP contribution in [0.4, 0.5) is 8.78 Å². The molecule has 3 atom stereocenters. The molecular formula is C16H26F2O3. The van der Waals surface area contributed by atoms with Gasteiger partial charge >= 0.3 is 0 Å². The van der Waals surface area contributed by atoms with E-state index in [4.69, 9.17) is 9.47 Å². The van der Waals surface area contributed by atoms with E-state index in [2.05, 4.69) is 0 Å². The lowest BCUT2D eigenvalue weighted by Gasteiger charge is -2.23. The Morgan fingerprint density at radius 2 is 2.10 bits per heavy atom. The zero-order valence-corrected chi connectivity index (χ0v) is 13.0. The van der Waals surface area contributed by atoms with E-state index in [9.17, 15) is 13.9 Å². The van der Waals surface area contributed by atoms with E-state index in [1.807, 2.05) is 19.9 Å². The summed E-state index contributed by atoms with van der Waals surface area (Å²) < 4.78 is 37.7. The fourth-order valence-electron chi connectivity index (χ4n) is 2.33. The standard InChI is InChI=1S/C16H26F2O3/c1-12-10-13(2)15(19)14(20-3)6-4-5-7-16(17,18)8-9-21-11-12/h4,6,10,13-15,19H,5,7-9,11H2,1-3H3. The maximum absolute atomic E-state index is 13.6.